The van der Waals surface area contributed by atoms with Crippen LogP contribution in [0, 0.1) is 0 Å². The molecule has 118 valence electrons. The molecule has 2 aliphatic heterocycles. The molecule has 1 unspecified atom stereocenters. The minimum atomic E-state index is 0. The highest BCUT2D eigenvalue weighted by atomic mass is 35.5. The zero-order chi connectivity index (χ0) is 13.9. The molecule has 3 nitrogen and oxygen atoms in total. The van der Waals surface area contributed by atoms with Gasteiger partial charge in [-0.3, -0.25) is 9.80 Å². The van der Waals surface area contributed by atoms with Crippen LogP contribution in [0.4, 0.5) is 0 Å². The molecule has 1 N–H and O–H groups in total. The molecule has 2 heterocycles. The third-order valence-electron chi connectivity index (χ3n) is 4.35. The van der Waals surface area contributed by atoms with E-state index in [0.29, 0.717) is 10.0 Å². The van der Waals surface area contributed by atoms with Crippen LogP contribution in [0.2, 0.25) is 10.0 Å². The summed E-state index contributed by atoms with van der Waals surface area (Å²) in [7, 11) is 0. The number of nitrogens with zero attached hydrogens (tertiary/aromatic N) is 2. The fraction of sp³-hybridized carbons (Fsp3) is 0.600. The Morgan fingerprint density at radius 1 is 1.10 bits per heavy atom. The summed E-state index contributed by atoms with van der Waals surface area (Å²) in [6, 6.07) is 6.69. The summed E-state index contributed by atoms with van der Waals surface area (Å²) >= 11 is 12.0. The second kappa shape index (κ2) is 8.00. The summed E-state index contributed by atoms with van der Waals surface area (Å²) in [5.41, 5.74) is 1.25. The van der Waals surface area contributed by atoms with E-state index in [-0.39, 0.29) is 12.4 Å². The maximum Gasteiger partial charge on any atom is 0.0595 e. The molecule has 3 rings (SSSR count). The summed E-state index contributed by atoms with van der Waals surface area (Å²) in [5.74, 6) is 0. The maximum atomic E-state index is 6.08. The summed E-state index contributed by atoms with van der Waals surface area (Å²) in [6.45, 7) is 7.92. The first-order chi connectivity index (χ1) is 9.72. The Morgan fingerprint density at radius 2 is 1.86 bits per heavy atom. The van der Waals surface area contributed by atoms with Gasteiger partial charge in [-0.05, 0) is 30.7 Å². The van der Waals surface area contributed by atoms with Gasteiger partial charge in [0.25, 0.3) is 0 Å². The molecular formula is C15H22Cl3N3. The number of hydrogen-bond donors (Lipinski definition) is 1. The predicted octanol–water partition coefficient (Wildman–Crippen LogP) is 2.89. The molecule has 0 saturated carbocycles. The van der Waals surface area contributed by atoms with Gasteiger partial charge >= 0.3 is 0 Å². The van der Waals surface area contributed by atoms with Crippen LogP contribution in [0.5, 0.6) is 0 Å². The van der Waals surface area contributed by atoms with Gasteiger partial charge in [-0.25, -0.2) is 0 Å². The molecule has 1 atom stereocenters. The third kappa shape index (κ3) is 4.47. The van der Waals surface area contributed by atoms with Crippen LogP contribution in [0.15, 0.2) is 18.2 Å². The van der Waals surface area contributed by atoms with Crippen LogP contribution in [0.25, 0.3) is 0 Å². The van der Waals surface area contributed by atoms with Gasteiger partial charge in [0.1, 0.15) is 0 Å². The number of halogens is 3. The Labute approximate surface area is 143 Å². The van der Waals surface area contributed by atoms with Crippen molar-refractivity contribution >= 4 is 35.6 Å². The summed E-state index contributed by atoms with van der Waals surface area (Å²) in [4.78, 5) is 5.13. The molecular weight excluding hydrogens is 329 g/mol. The second-order valence-electron chi connectivity index (χ2n) is 5.71. The molecule has 0 spiro atoms. The number of hydrogen-bond acceptors (Lipinski definition) is 3. The molecule has 2 fully saturated rings. The van der Waals surface area contributed by atoms with Gasteiger partial charge in [0.15, 0.2) is 0 Å². The average molecular weight is 351 g/mol. The van der Waals surface area contributed by atoms with Crippen molar-refractivity contribution in [1.29, 1.82) is 0 Å². The molecule has 6 heteroatoms. The monoisotopic (exact) mass is 349 g/mol. The summed E-state index contributed by atoms with van der Waals surface area (Å²) in [5, 5.41) is 4.74. The minimum absolute atomic E-state index is 0. The van der Waals surface area contributed by atoms with Gasteiger partial charge in [0, 0.05) is 45.3 Å². The van der Waals surface area contributed by atoms with Crippen LogP contribution in [-0.4, -0.2) is 55.1 Å². The molecule has 0 aromatic heterocycles. The number of benzene rings is 1. The van der Waals surface area contributed by atoms with Crippen molar-refractivity contribution in [3.63, 3.8) is 0 Å². The van der Waals surface area contributed by atoms with Gasteiger partial charge in [-0.15, -0.1) is 12.4 Å². The Balaban J connectivity index is 0.00000161. The first-order valence-corrected chi connectivity index (χ1v) is 8.09. The first kappa shape index (κ1) is 17.3. The third-order valence-corrected chi connectivity index (χ3v) is 5.09. The van der Waals surface area contributed by atoms with Gasteiger partial charge in [-0.2, -0.15) is 0 Å². The molecule has 0 radical (unpaired) electrons. The lowest BCUT2D eigenvalue weighted by molar-refractivity contribution is 0.0981. The molecule has 1 aromatic rings. The summed E-state index contributed by atoms with van der Waals surface area (Å²) in [6.07, 6.45) is 1.30. The minimum Gasteiger partial charge on any atom is -0.315 e. The Bertz CT molecular complexity index is 455. The van der Waals surface area contributed by atoms with E-state index in [9.17, 15) is 0 Å². The molecule has 2 aliphatic rings. The van der Waals surface area contributed by atoms with Crippen molar-refractivity contribution in [3.05, 3.63) is 33.8 Å². The highest BCUT2D eigenvalue weighted by Crippen LogP contribution is 2.23. The van der Waals surface area contributed by atoms with Crippen molar-refractivity contribution in [2.24, 2.45) is 0 Å². The second-order valence-corrected chi connectivity index (χ2v) is 6.52. The van der Waals surface area contributed by atoms with Crippen molar-refractivity contribution in [1.82, 2.24) is 15.1 Å². The molecule has 21 heavy (non-hydrogen) atoms. The fourth-order valence-electron chi connectivity index (χ4n) is 3.13. The van der Waals surface area contributed by atoms with E-state index in [1.165, 1.54) is 31.6 Å². The quantitative estimate of drug-likeness (QED) is 0.904. The standard InChI is InChI=1S/C15H21Cl2N3.ClH/c16-14-2-1-12(9-15(14)17)11-19-5-7-20(8-6-19)13-3-4-18-10-13;/h1-2,9,13,18H,3-8,10-11H2;1H. The van der Waals surface area contributed by atoms with E-state index in [0.717, 1.165) is 32.2 Å². The summed E-state index contributed by atoms with van der Waals surface area (Å²) < 4.78 is 0. The lowest BCUT2D eigenvalue weighted by atomic mass is 10.1. The first-order valence-electron chi connectivity index (χ1n) is 7.33. The predicted molar refractivity (Wildman–Crippen MR) is 91.8 cm³/mol. The molecule has 2 saturated heterocycles. The lowest BCUT2D eigenvalue weighted by Gasteiger charge is -2.37. The van der Waals surface area contributed by atoms with Crippen molar-refractivity contribution in [2.75, 3.05) is 39.3 Å². The zero-order valence-corrected chi connectivity index (χ0v) is 14.4. The topological polar surface area (TPSA) is 18.5 Å². The van der Waals surface area contributed by atoms with E-state index in [4.69, 9.17) is 23.2 Å². The van der Waals surface area contributed by atoms with E-state index in [2.05, 4.69) is 21.2 Å². The van der Waals surface area contributed by atoms with E-state index in [1.54, 1.807) is 0 Å². The Kier molecular flexibility index (Phi) is 6.60. The fourth-order valence-corrected chi connectivity index (χ4v) is 3.45. The van der Waals surface area contributed by atoms with Crippen LogP contribution in [0.3, 0.4) is 0 Å². The highest BCUT2D eigenvalue weighted by Gasteiger charge is 2.25. The van der Waals surface area contributed by atoms with Crippen LogP contribution in [-0.2, 0) is 6.54 Å². The van der Waals surface area contributed by atoms with Crippen molar-refractivity contribution < 1.29 is 0 Å². The smallest absolute Gasteiger partial charge is 0.0595 e. The number of nitrogens with one attached hydrogen (secondary N) is 1. The van der Waals surface area contributed by atoms with Crippen molar-refractivity contribution in [2.45, 2.75) is 19.0 Å². The largest absolute Gasteiger partial charge is 0.315 e. The van der Waals surface area contributed by atoms with Crippen LogP contribution >= 0.6 is 35.6 Å². The maximum absolute atomic E-state index is 6.08. The van der Waals surface area contributed by atoms with Crippen LogP contribution in [0.1, 0.15) is 12.0 Å². The van der Waals surface area contributed by atoms with Crippen LogP contribution < -0.4 is 5.32 Å². The Morgan fingerprint density at radius 3 is 2.48 bits per heavy atom. The molecule has 0 aliphatic carbocycles. The zero-order valence-electron chi connectivity index (χ0n) is 12.0. The SMILES string of the molecule is Cl.Clc1ccc(CN2CCN(C3CCNC3)CC2)cc1Cl. The van der Waals surface area contributed by atoms with Gasteiger partial charge in [-0.1, -0.05) is 29.3 Å². The molecule has 0 amide bonds. The van der Waals surface area contributed by atoms with Crippen molar-refractivity contribution in [3.8, 4) is 0 Å². The molecule has 1 aromatic carbocycles. The van der Waals surface area contributed by atoms with E-state index in [1.807, 2.05) is 12.1 Å². The average Bonchev–Trinajstić information content (AvgIpc) is 2.98. The highest BCUT2D eigenvalue weighted by molar-refractivity contribution is 6.42. The van der Waals surface area contributed by atoms with E-state index < -0.39 is 0 Å². The Hall–Kier alpha value is -0.0300. The van der Waals surface area contributed by atoms with Gasteiger partial charge in [0.2, 0.25) is 0 Å². The number of rotatable bonds is 3. The van der Waals surface area contributed by atoms with Gasteiger partial charge < -0.3 is 5.32 Å². The molecule has 0 bridgehead atoms. The number of piperazine rings is 1. The lowest BCUT2D eigenvalue weighted by Crippen LogP contribution is -2.50. The van der Waals surface area contributed by atoms with E-state index >= 15 is 0 Å². The van der Waals surface area contributed by atoms with Gasteiger partial charge in [0.05, 0.1) is 10.0 Å². The normalized spacial score (nSPS) is 24.0.